The Morgan fingerprint density at radius 1 is 0.291 bits per heavy atom. The Hall–Kier alpha value is -6.87. The zero-order valence-electron chi connectivity index (χ0n) is 29.9. The molecule has 9 aromatic carbocycles. The molecule has 0 atom stereocenters. The molecule has 2 heterocycles. The zero-order valence-corrected chi connectivity index (χ0v) is 30.7. The average Bonchev–Trinajstić information content (AvgIpc) is 3.66. The standard InChI is InChI=1S/C53H33NS/c1-2-19-45-44(18-1)50-32-41(24-25-46(50)47-26-27-54-33-51(45)47)39-15-7-13-37(30-39)35-11-5-10-34(28-35)36-12-6-14-38(29-36)40-16-8-17-42(31-40)43-21-9-22-49-48-20-3-4-23-52(48)55-53(43)49/h1-33H. The van der Waals surface area contributed by atoms with Crippen LogP contribution in [0.4, 0.5) is 0 Å². The van der Waals surface area contributed by atoms with Crippen LogP contribution in [-0.2, 0) is 0 Å². The SMILES string of the molecule is c1cc(-c2cccc(-c3cccc(-c4cccc5c4sc4ccccc45)c3)c2)cc(-c2cccc(-c3ccc4c5ccncc5c5ccccc5c4c3)c2)c1. The zero-order chi connectivity index (χ0) is 36.3. The van der Waals surface area contributed by atoms with Gasteiger partial charge < -0.3 is 0 Å². The van der Waals surface area contributed by atoms with Gasteiger partial charge in [-0.3, -0.25) is 4.98 Å². The highest BCUT2D eigenvalue weighted by atomic mass is 32.1. The predicted molar refractivity (Wildman–Crippen MR) is 237 cm³/mol. The molecule has 0 spiro atoms. The molecule has 0 amide bonds. The first-order chi connectivity index (χ1) is 27.2. The van der Waals surface area contributed by atoms with Crippen molar-refractivity contribution in [2.75, 3.05) is 0 Å². The molecule has 0 aliphatic rings. The van der Waals surface area contributed by atoms with Crippen LogP contribution >= 0.6 is 11.3 Å². The number of thiophene rings is 1. The van der Waals surface area contributed by atoms with Crippen LogP contribution in [-0.4, -0.2) is 4.98 Å². The smallest absolute Gasteiger partial charge is 0.0433 e. The van der Waals surface area contributed by atoms with Gasteiger partial charge in [-0.25, -0.2) is 0 Å². The van der Waals surface area contributed by atoms with E-state index < -0.39 is 0 Å². The van der Waals surface area contributed by atoms with Gasteiger partial charge in [0.1, 0.15) is 0 Å². The van der Waals surface area contributed by atoms with Crippen molar-refractivity contribution in [2.45, 2.75) is 0 Å². The number of rotatable bonds is 5. The monoisotopic (exact) mass is 715 g/mol. The third kappa shape index (κ3) is 5.42. The molecule has 0 aliphatic heterocycles. The van der Waals surface area contributed by atoms with E-state index in [9.17, 15) is 0 Å². The van der Waals surface area contributed by atoms with Gasteiger partial charge in [0.25, 0.3) is 0 Å². The van der Waals surface area contributed by atoms with E-state index in [0.717, 1.165) is 0 Å². The highest BCUT2D eigenvalue weighted by Crippen LogP contribution is 2.41. The molecule has 1 nitrogen and oxygen atoms in total. The van der Waals surface area contributed by atoms with E-state index in [1.165, 1.54) is 108 Å². The fraction of sp³-hybridized carbons (Fsp3) is 0. The van der Waals surface area contributed by atoms with Crippen molar-refractivity contribution in [2.24, 2.45) is 0 Å². The van der Waals surface area contributed by atoms with Crippen LogP contribution in [0.3, 0.4) is 0 Å². The highest BCUT2D eigenvalue weighted by molar-refractivity contribution is 7.26. The third-order valence-electron chi connectivity index (χ3n) is 11.1. The van der Waals surface area contributed by atoms with Crippen LogP contribution in [0.2, 0.25) is 0 Å². The van der Waals surface area contributed by atoms with Crippen molar-refractivity contribution in [1.82, 2.24) is 4.98 Å². The van der Waals surface area contributed by atoms with Crippen molar-refractivity contribution in [3.05, 3.63) is 200 Å². The lowest BCUT2D eigenvalue weighted by Gasteiger charge is -2.13. The Balaban J connectivity index is 0.936. The van der Waals surface area contributed by atoms with Gasteiger partial charge in [0.05, 0.1) is 0 Å². The number of hydrogen-bond acceptors (Lipinski definition) is 2. The quantitative estimate of drug-likeness (QED) is 0.162. The minimum atomic E-state index is 1.19. The summed E-state index contributed by atoms with van der Waals surface area (Å²) in [4.78, 5) is 4.44. The first-order valence-corrected chi connectivity index (χ1v) is 19.6. The summed E-state index contributed by atoms with van der Waals surface area (Å²) in [6.07, 6.45) is 3.89. The molecule has 11 rings (SSSR count). The molecule has 0 saturated carbocycles. The van der Waals surface area contributed by atoms with Crippen LogP contribution in [0.15, 0.2) is 200 Å². The molecule has 0 unspecified atom stereocenters. The average molecular weight is 716 g/mol. The molecule has 55 heavy (non-hydrogen) atoms. The molecule has 2 heteroatoms. The molecule has 0 saturated heterocycles. The fourth-order valence-corrected chi connectivity index (χ4v) is 9.69. The van der Waals surface area contributed by atoms with E-state index in [1.54, 1.807) is 0 Å². The number of aromatic nitrogens is 1. The summed E-state index contributed by atoms with van der Waals surface area (Å²) in [5.41, 5.74) is 12.2. The number of pyridine rings is 1. The third-order valence-corrected chi connectivity index (χ3v) is 12.4. The normalized spacial score (nSPS) is 11.6. The minimum absolute atomic E-state index is 1.19. The second-order valence-corrected chi connectivity index (χ2v) is 15.4. The van der Waals surface area contributed by atoms with Gasteiger partial charge in [-0.05, 0) is 125 Å². The van der Waals surface area contributed by atoms with Crippen LogP contribution in [0, 0.1) is 0 Å². The second kappa shape index (κ2) is 12.9. The molecule has 0 aliphatic carbocycles. The number of benzene rings is 9. The lowest BCUT2D eigenvalue weighted by atomic mass is 9.91. The van der Waals surface area contributed by atoms with Crippen molar-refractivity contribution in [3.63, 3.8) is 0 Å². The topological polar surface area (TPSA) is 12.9 Å². The van der Waals surface area contributed by atoms with Crippen LogP contribution in [0.5, 0.6) is 0 Å². The van der Waals surface area contributed by atoms with Crippen molar-refractivity contribution >= 4 is 63.8 Å². The first kappa shape index (κ1) is 31.6. The van der Waals surface area contributed by atoms with Gasteiger partial charge in [0.2, 0.25) is 0 Å². The van der Waals surface area contributed by atoms with Gasteiger partial charge in [-0.2, -0.15) is 0 Å². The molecule has 2 aromatic heterocycles. The maximum absolute atomic E-state index is 4.44. The molecule has 0 N–H and O–H groups in total. The van der Waals surface area contributed by atoms with Crippen molar-refractivity contribution in [3.8, 4) is 55.6 Å². The summed E-state index contributed by atoms with van der Waals surface area (Å²) in [6, 6.07) is 69.0. The Labute approximate surface area is 323 Å². The van der Waals surface area contributed by atoms with E-state index in [2.05, 4.69) is 193 Å². The van der Waals surface area contributed by atoms with Gasteiger partial charge in [-0.1, -0.05) is 146 Å². The summed E-state index contributed by atoms with van der Waals surface area (Å²) < 4.78 is 2.67. The van der Waals surface area contributed by atoms with Crippen LogP contribution in [0.1, 0.15) is 0 Å². The summed E-state index contributed by atoms with van der Waals surface area (Å²) in [5, 5.41) is 10.1. The highest BCUT2D eigenvalue weighted by Gasteiger charge is 2.13. The maximum Gasteiger partial charge on any atom is 0.0433 e. The van der Waals surface area contributed by atoms with Gasteiger partial charge >= 0.3 is 0 Å². The molecule has 0 fully saturated rings. The first-order valence-electron chi connectivity index (χ1n) is 18.8. The van der Waals surface area contributed by atoms with Crippen molar-refractivity contribution in [1.29, 1.82) is 0 Å². The molecular weight excluding hydrogens is 683 g/mol. The summed E-state index contributed by atoms with van der Waals surface area (Å²) >= 11 is 1.88. The molecule has 0 radical (unpaired) electrons. The van der Waals surface area contributed by atoms with Gasteiger partial charge in [0.15, 0.2) is 0 Å². The van der Waals surface area contributed by atoms with E-state index >= 15 is 0 Å². The molecular formula is C53H33NS. The number of fused-ring (bicyclic) bond motifs is 9. The summed E-state index contributed by atoms with van der Waals surface area (Å²) in [6.45, 7) is 0. The van der Waals surface area contributed by atoms with E-state index in [0.29, 0.717) is 0 Å². The fourth-order valence-electron chi connectivity index (χ4n) is 8.45. The summed E-state index contributed by atoms with van der Waals surface area (Å²) in [5.74, 6) is 0. The van der Waals surface area contributed by atoms with E-state index in [1.807, 2.05) is 23.7 Å². The van der Waals surface area contributed by atoms with Gasteiger partial charge in [-0.15, -0.1) is 11.3 Å². The predicted octanol–water partition coefficient (Wildman–Crippen LogP) is 15.2. The second-order valence-electron chi connectivity index (χ2n) is 14.3. The van der Waals surface area contributed by atoms with E-state index in [-0.39, 0.29) is 0 Å². The number of nitrogens with zero attached hydrogens (tertiary/aromatic N) is 1. The lowest BCUT2D eigenvalue weighted by Crippen LogP contribution is -1.87. The Morgan fingerprint density at radius 2 is 0.745 bits per heavy atom. The Kier molecular flexibility index (Phi) is 7.43. The molecule has 0 bridgehead atoms. The molecule has 11 aromatic rings. The van der Waals surface area contributed by atoms with E-state index in [4.69, 9.17) is 0 Å². The lowest BCUT2D eigenvalue weighted by molar-refractivity contribution is 1.37. The minimum Gasteiger partial charge on any atom is -0.264 e. The Bertz CT molecular complexity index is 3240. The number of hydrogen-bond donors (Lipinski definition) is 0. The van der Waals surface area contributed by atoms with Crippen LogP contribution < -0.4 is 0 Å². The summed E-state index contributed by atoms with van der Waals surface area (Å²) in [7, 11) is 0. The van der Waals surface area contributed by atoms with Crippen LogP contribution in [0.25, 0.3) is 108 Å². The van der Waals surface area contributed by atoms with Gasteiger partial charge in [0, 0.05) is 38.0 Å². The largest absolute Gasteiger partial charge is 0.264 e. The molecule has 256 valence electrons. The Morgan fingerprint density at radius 3 is 1.38 bits per heavy atom. The van der Waals surface area contributed by atoms with Crippen molar-refractivity contribution < 1.29 is 0 Å². The maximum atomic E-state index is 4.44.